The van der Waals surface area contributed by atoms with E-state index in [1.807, 2.05) is 0 Å². The van der Waals surface area contributed by atoms with E-state index in [2.05, 4.69) is 143 Å². The predicted octanol–water partition coefficient (Wildman–Crippen LogP) is -1.89. The van der Waals surface area contributed by atoms with Gasteiger partial charge in [0.15, 0.2) is 0 Å². The van der Waals surface area contributed by atoms with Crippen molar-refractivity contribution in [2.75, 3.05) is 0 Å². The zero-order valence-electron chi connectivity index (χ0n) is 26.8. The van der Waals surface area contributed by atoms with Crippen LogP contribution in [0.2, 0.25) is 24.7 Å². The molecule has 0 spiro atoms. The van der Waals surface area contributed by atoms with Gasteiger partial charge in [-0.25, -0.2) is 5.57 Å². The molecule has 0 bridgehead atoms. The van der Waals surface area contributed by atoms with Crippen molar-refractivity contribution in [1.29, 1.82) is 0 Å². The molecule has 3 aromatic rings. The molecule has 0 aliphatic heterocycles. The first-order valence-corrected chi connectivity index (χ1v) is 19.2. The van der Waals surface area contributed by atoms with Crippen LogP contribution in [-0.2, 0) is 21.7 Å². The second-order valence-corrected chi connectivity index (χ2v) is 22.1. The number of hydrogen-bond acceptors (Lipinski definition) is 0. The molecule has 0 aromatic heterocycles. The Bertz CT molecular complexity index is 1420. The fourth-order valence-corrected chi connectivity index (χ4v) is 14.7. The number of benzene rings is 3. The second kappa shape index (κ2) is 14.3. The fourth-order valence-electron chi connectivity index (χ4n) is 6.59. The van der Waals surface area contributed by atoms with E-state index in [0.717, 1.165) is 0 Å². The van der Waals surface area contributed by atoms with Crippen molar-refractivity contribution in [2.24, 2.45) is 0 Å². The second-order valence-electron chi connectivity index (χ2n) is 12.8. The Hall–Kier alpha value is -0.842. The molecule has 218 valence electrons. The third-order valence-corrected chi connectivity index (χ3v) is 16.9. The first-order chi connectivity index (χ1) is 17.1. The van der Waals surface area contributed by atoms with E-state index in [4.69, 9.17) is 0 Å². The molecule has 0 saturated carbocycles. The van der Waals surface area contributed by atoms with Crippen LogP contribution < -0.4 is 58.0 Å². The number of aryl methyl sites for hydroxylation is 5. The molecule has 0 radical (unpaired) electrons. The molecule has 1 atom stereocenters. The summed E-state index contributed by atoms with van der Waals surface area (Å²) in [7, 11) is -4.27. The van der Waals surface area contributed by atoms with Crippen LogP contribution in [0.3, 0.4) is 0 Å². The SMILES string of the molecule is CC1=[C-]C(C)([Si](c2cc(C)cc([Si](C)(C)C)c2)(c2cc(C)ccc2C)c2cc(C)ccc2C)C(C)=C1C.[Cl-].[Cl-].[Cl-].[Ti+4]. The van der Waals surface area contributed by atoms with Crippen molar-refractivity contribution >= 4 is 36.9 Å². The number of rotatable bonds is 5. The molecular formula is C35H45Cl3Si2Ti. The van der Waals surface area contributed by atoms with Crippen LogP contribution >= 0.6 is 0 Å². The summed E-state index contributed by atoms with van der Waals surface area (Å²) in [4.78, 5) is 0. The van der Waals surface area contributed by atoms with Crippen LogP contribution in [0.4, 0.5) is 0 Å². The summed E-state index contributed by atoms with van der Waals surface area (Å²) in [5.41, 5.74) is 11.0. The maximum absolute atomic E-state index is 4.15. The Morgan fingerprint density at radius 3 is 1.41 bits per heavy atom. The Balaban J connectivity index is 0.00000400. The van der Waals surface area contributed by atoms with Gasteiger partial charge in [0.05, 0.1) is 8.07 Å². The van der Waals surface area contributed by atoms with Gasteiger partial charge in [0, 0.05) is 0 Å². The third kappa shape index (κ3) is 6.80. The normalized spacial score (nSPS) is 16.6. The van der Waals surface area contributed by atoms with Gasteiger partial charge in [-0.05, 0) is 50.2 Å². The minimum atomic E-state index is -2.72. The zero-order valence-corrected chi connectivity index (χ0v) is 32.7. The third-order valence-electron chi connectivity index (χ3n) is 9.03. The summed E-state index contributed by atoms with van der Waals surface area (Å²) >= 11 is 0. The van der Waals surface area contributed by atoms with Crippen LogP contribution in [0.15, 0.2) is 71.3 Å². The molecule has 0 amide bonds. The summed E-state index contributed by atoms with van der Waals surface area (Å²) in [5.74, 6) is 0. The average Bonchev–Trinajstić information content (AvgIpc) is 3.01. The molecule has 1 aliphatic carbocycles. The van der Waals surface area contributed by atoms with E-state index < -0.39 is 16.1 Å². The number of hydrogen-bond donors (Lipinski definition) is 0. The summed E-state index contributed by atoms with van der Waals surface area (Å²) in [6.45, 7) is 28.4. The Morgan fingerprint density at radius 2 is 1.02 bits per heavy atom. The van der Waals surface area contributed by atoms with Gasteiger partial charge >= 0.3 is 21.7 Å². The number of allylic oxidation sites excluding steroid dienone is 4. The van der Waals surface area contributed by atoms with Crippen molar-refractivity contribution in [3.05, 3.63) is 105 Å². The Labute approximate surface area is 286 Å². The van der Waals surface area contributed by atoms with Crippen molar-refractivity contribution in [1.82, 2.24) is 0 Å². The largest absolute Gasteiger partial charge is 4.00 e. The van der Waals surface area contributed by atoms with Gasteiger partial charge < -0.3 is 37.2 Å². The van der Waals surface area contributed by atoms with Crippen LogP contribution in [0, 0.1) is 40.7 Å². The first kappa shape index (κ1) is 40.2. The minimum Gasteiger partial charge on any atom is -1.00 e. The van der Waals surface area contributed by atoms with Gasteiger partial charge in [0.25, 0.3) is 0 Å². The van der Waals surface area contributed by atoms with Crippen LogP contribution in [-0.4, -0.2) is 16.1 Å². The topological polar surface area (TPSA) is 0 Å². The predicted molar refractivity (Wildman–Crippen MR) is 170 cm³/mol. The van der Waals surface area contributed by atoms with Gasteiger partial charge in [-0.1, -0.05) is 133 Å². The van der Waals surface area contributed by atoms with E-state index >= 15 is 0 Å². The van der Waals surface area contributed by atoms with Crippen LogP contribution in [0.25, 0.3) is 0 Å². The van der Waals surface area contributed by atoms with Crippen molar-refractivity contribution in [3.63, 3.8) is 0 Å². The molecule has 0 heterocycles. The molecule has 1 aliphatic rings. The molecule has 6 heteroatoms. The minimum absolute atomic E-state index is 0. The van der Waals surface area contributed by atoms with Gasteiger partial charge in [-0.15, -0.1) is 6.92 Å². The molecule has 0 saturated heterocycles. The molecule has 0 nitrogen and oxygen atoms in total. The molecule has 4 rings (SSSR count). The summed E-state index contributed by atoms with van der Waals surface area (Å²) in [5, 5.41) is 5.94. The molecule has 0 fully saturated rings. The maximum atomic E-state index is 4.15. The summed E-state index contributed by atoms with van der Waals surface area (Å²) < 4.78 is 0. The van der Waals surface area contributed by atoms with Crippen molar-refractivity contribution in [2.45, 2.75) is 87.0 Å². The van der Waals surface area contributed by atoms with Gasteiger partial charge in [-0.3, -0.25) is 6.08 Å². The van der Waals surface area contributed by atoms with E-state index in [1.54, 1.807) is 5.19 Å². The first-order valence-electron chi connectivity index (χ1n) is 13.7. The van der Waals surface area contributed by atoms with Crippen molar-refractivity contribution in [3.8, 4) is 0 Å². The quantitative estimate of drug-likeness (QED) is 0.169. The van der Waals surface area contributed by atoms with E-state index in [-0.39, 0.29) is 64.0 Å². The summed E-state index contributed by atoms with van der Waals surface area (Å²) in [6, 6.07) is 21.9. The molecule has 3 aromatic carbocycles. The van der Waals surface area contributed by atoms with E-state index in [1.165, 1.54) is 60.1 Å². The van der Waals surface area contributed by atoms with Gasteiger partial charge in [0.1, 0.15) is 8.07 Å². The molecule has 1 unspecified atom stereocenters. The van der Waals surface area contributed by atoms with Crippen molar-refractivity contribution < 1.29 is 58.9 Å². The van der Waals surface area contributed by atoms with E-state index in [9.17, 15) is 0 Å². The zero-order chi connectivity index (χ0) is 27.5. The van der Waals surface area contributed by atoms with Gasteiger partial charge in [0.2, 0.25) is 0 Å². The Kier molecular flexibility index (Phi) is 14.0. The standard InChI is InChI=1S/C35H45Si2.3ClH.Ti/c1-23-13-15-26(4)33(19-23)37(34-20-24(2)14-16-27(34)5,35(9)22-28(6)29(7)30(35)8)32-18-25(3)17-31(21-32)36(10,11)12;;;;/h13-21H,1-12H3;3*1H;/q-1;;;;+4/p-3. The summed E-state index contributed by atoms with van der Waals surface area (Å²) in [6.07, 6.45) is 4.15. The van der Waals surface area contributed by atoms with Crippen LogP contribution in [0.1, 0.15) is 55.5 Å². The smallest absolute Gasteiger partial charge is 1.00 e. The molecular weight excluding hydrogens is 631 g/mol. The monoisotopic (exact) mass is 674 g/mol. The maximum Gasteiger partial charge on any atom is 4.00 e. The Morgan fingerprint density at radius 1 is 0.585 bits per heavy atom. The van der Waals surface area contributed by atoms with E-state index in [0.29, 0.717) is 0 Å². The van der Waals surface area contributed by atoms with Gasteiger partial charge in [-0.2, -0.15) is 11.1 Å². The number of halogens is 3. The average molecular weight is 676 g/mol. The molecule has 0 N–H and O–H groups in total. The molecule has 41 heavy (non-hydrogen) atoms. The van der Waals surface area contributed by atoms with Crippen LogP contribution in [0.5, 0.6) is 0 Å². The fraction of sp³-hybridized carbons (Fsp3) is 0.371.